The maximum atomic E-state index is 4.34. The second-order valence-corrected chi connectivity index (χ2v) is 5.91. The van der Waals surface area contributed by atoms with E-state index in [0.717, 1.165) is 25.3 Å². The number of aryl methyl sites for hydroxylation is 2. The third-order valence-corrected chi connectivity index (χ3v) is 2.75. The number of aromatic nitrogens is 2. The molecule has 0 unspecified atom stereocenters. The Labute approximate surface area is 105 Å². The van der Waals surface area contributed by atoms with Crippen LogP contribution in [0.15, 0.2) is 6.07 Å². The van der Waals surface area contributed by atoms with Crippen LogP contribution in [0.1, 0.15) is 25.2 Å². The monoisotopic (exact) mass is 238 g/mol. The summed E-state index contributed by atoms with van der Waals surface area (Å²) in [6.07, 6.45) is 0. The highest BCUT2D eigenvalue weighted by atomic mass is 15.3. The lowest BCUT2D eigenvalue weighted by Crippen LogP contribution is -2.37. The Morgan fingerprint density at radius 3 is 2.53 bits per heavy atom. The van der Waals surface area contributed by atoms with Crippen molar-refractivity contribution in [3.8, 4) is 0 Å². The second-order valence-electron chi connectivity index (χ2n) is 5.91. The minimum absolute atomic E-state index is 0.289. The van der Waals surface area contributed by atoms with E-state index in [1.54, 1.807) is 0 Å². The minimum atomic E-state index is 0.289. The predicted octanol–water partition coefficient (Wildman–Crippen LogP) is 1.41. The van der Waals surface area contributed by atoms with Crippen LogP contribution in [0.5, 0.6) is 0 Å². The molecule has 0 fully saturated rings. The van der Waals surface area contributed by atoms with Crippen LogP contribution in [-0.4, -0.2) is 41.9 Å². The van der Waals surface area contributed by atoms with Crippen molar-refractivity contribution in [2.45, 2.75) is 27.3 Å². The highest BCUT2D eigenvalue weighted by molar-refractivity contribution is 5.08. The summed E-state index contributed by atoms with van der Waals surface area (Å²) in [5.74, 6) is 0. The number of nitrogens with one attached hydrogen (secondary N) is 1. The van der Waals surface area contributed by atoms with E-state index in [1.165, 1.54) is 5.69 Å². The number of hydrogen-bond acceptors (Lipinski definition) is 3. The first-order chi connectivity index (χ1) is 7.80. The molecule has 1 N–H and O–H groups in total. The van der Waals surface area contributed by atoms with Crippen molar-refractivity contribution in [2.24, 2.45) is 12.5 Å². The zero-order chi connectivity index (χ0) is 13.1. The summed E-state index contributed by atoms with van der Waals surface area (Å²) in [5, 5.41) is 7.86. The van der Waals surface area contributed by atoms with Crippen molar-refractivity contribution in [2.75, 3.05) is 27.2 Å². The molecule has 4 nitrogen and oxygen atoms in total. The largest absolute Gasteiger partial charge is 0.311 e. The van der Waals surface area contributed by atoms with Gasteiger partial charge in [0.05, 0.1) is 11.4 Å². The van der Waals surface area contributed by atoms with Crippen LogP contribution in [0.3, 0.4) is 0 Å². The van der Waals surface area contributed by atoms with Gasteiger partial charge in [0.15, 0.2) is 0 Å². The summed E-state index contributed by atoms with van der Waals surface area (Å²) in [6.45, 7) is 9.58. The third kappa shape index (κ3) is 4.88. The normalized spacial score (nSPS) is 12.4. The summed E-state index contributed by atoms with van der Waals surface area (Å²) in [7, 11) is 6.23. The van der Waals surface area contributed by atoms with Crippen molar-refractivity contribution in [1.82, 2.24) is 20.0 Å². The molecule has 1 aromatic rings. The van der Waals surface area contributed by atoms with Gasteiger partial charge >= 0.3 is 0 Å². The fourth-order valence-corrected chi connectivity index (χ4v) is 2.27. The molecule has 0 atom stereocenters. The van der Waals surface area contributed by atoms with Crippen molar-refractivity contribution < 1.29 is 0 Å². The van der Waals surface area contributed by atoms with E-state index >= 15 is 0 Å². The maximum Gasteiger partial charge on any atom is 0.0597 e. The first-order valence-electron chi connectivity index (χ1n) is 6.15. The van der Waals surface area contributed by atoms with Crippen LogP contribution in [0.25, 0.3) is 0 Å². The topological polar surface area (TPSA) is 33.1 Å². The fourth-order valence-electron chi connectivity index (χ4n) is 2.27. The lowest BCUT2D eigenvalue weighted by molar-refractivity contribution is 0.231. The van der Waals surface area contributed by atoms with E-state index in [9.17, 15) is 0 Å². The van der Waals surface area contributed by atoms with E-state index < -0.39 is 0 Å². The van der Waals surface area contributed by atoms with Crippen LogP contribution in [0, 0.1) is 12.3 Å². The lowest BCUT2D eigenvalue weighted by atomic mass is 9.93. The Morgan fingerprint density at radius 2 is 2.06 bits per heavy atom. The summed E-state index contributed by atoms with van der Waals surface area (Å²) < 4.78 is 1.95. The predicted molar refractivity (Wildman–Crippen MR) is 72.0 cm³/mol. The van der Waals surface area contributed by atoms with Gasteiger partial charge in [-0.25, -0.2) is 0 Å². The van der Waals surface area contributed by atoms with Gasteiger partial charge in [-0.15, -0.1) is 0 Å². The van der Waals surface area contributed by atoms with Crippen LogP contribution >= 0.6 is 0 Å². The zero-order valence-electron chi connectivity index (χ0n) is 12.0. The number of hydrogen-bond donors (Lipinski definition) is 1. The van der Waals surface area contributed by atoms with E-state index in [-0.39, 0.29) is 5.41 Å². The summed E-state index contributed by atoms with van der Waals surface area (Å²) in [6, 6.07) is 2.13. The van der Waals surface area contributed by atoms with Crippen molar-refractivity contribution in [1.29, 1.82) is 0 Å². The molecule has 0 amide bonds. The molecule has 0 aliphatic carbocycles. The smallest absolute Gasteiger partial charge is 0.0597 e. The maximum absolute atomic E-state index is 4.34. The Balaban J connectivity index is 2.39. The molecule has 0 aliphatic heterocycles. The Morgan fingerprint density at radius 1 is 1.41 bits per heavy atom. The molecular formula is C13H26N4. The Bertz CT molecular complexity index is 352. The first-order valence-corrected chi connectivity index (χ1v) is 6.15. The van der Waals surface area contributed by atoms with E-state index in [4.69, 9.17) is 0 Å². The van der Waals surface area contributed by atoms with Gasteiger partial charge in [-0.3, -0.25) is 4.68 Å². The molecule has 0 saturated heterocycles. The van der Waals surface area contributed by atoms with Crippen LogP contribution in [-0.2, 0) is 13.6 Å². The van der Waals surface area contributed by atoms with Gasteiger partial charge in [0.1, 0.15) is 0 Å². The number of rotatable bonds is 6. The fraction of sp³-hybridized carbons (Fsp3) is 0.769. The summed E-state index contributed by atoms with van der Waals surface area (Å²) >= 11 is 0. The molecule has 0 aliphatic rings. The third-order valence-electron chi connectivity index (χ3n) is 2.75. The Hall–Kier alpha value is -0.870. The van der Waals surface area contributed by atoms with Crippen LogP contribution < -0.4 is 5.32 Å². The molecule has 0 saturated carbocycles. The Kier molecular flexibility index (Phi) is 4.71. The molecule has 17 heavy (non-hydrogen) atoms. The molecule has 1 heterocycles. The molecule has 0 radical (unpaired) electrons. The highest BCUT2D eigenvalue weighted by Gasteiger charge is 2.18. The highest BCUT2D eigenvalue weighted by Crippen LogP contribution is 2.14. The number of nitrogens with zero attached hydrogens (tertiary/aromatic N) is 3. The van der Waals surface area contributed by atoms with Crippen LogP contribution in [0.4, 0.5) is 0 Å². The zero-order valence-corrected chi connectivity index (χ0v) is 12.0. The van der Waals surface area contributed by atoms with Gasteiger partial charge in [-0.1, -0.05) is 13.8 Å². The van der Waals surface area contributed by atoms with Crippen molar-refractivity contribution in [3.63, 3.8) is 0 Å². The van der Waals surface area contributed by atoms with E-state index in [1.807, 2.05) is 18.7 Å². The van der Waals surface area contributed by atoms with Crippen molar-refractivity contribution in [3.05, 3.63) is 17.5 Å². The van der Waals surface area contributed by atoms with Gasteiger partial charge < -0.3 is 10.2 Å². The molecule has 4 heteroatoms. The molecule has 0 spiro atoms. The van der Waals surface area contributed by atoms with E-state index in [2.05, 4.69) is 49.3 Å². The summed E-state index contributed by atoms with van der Waals surface area (Å²) in [4.78, 5) is 2.23. The molecule has 0 aromatic carbocycles. The average Bonchev–Trinajstić information content (AvgIpc) is 2.42. The summed E-state index contributed by atoms with van der Waals surface area (Å²) in [5.41, 5.74) is 2.61. The van der Waals surface area contributed by atoms with E-state index in [0.29, 0.717) is 0 Å². The SMILES string of the molecule is Cc1cc(CNCC(C)(C)CN(C)C)n(C)n1. The molecule has 0 bridgehead atoms. The van der Waals surface area contributed by atoms with Gasteiger partial charge in [-0.2, -0.15) is 5.10 Å². The minimum Gasteiger partial charge on any atom is -0.311 e. The molecular weight excluding hydrogens is 212 g/mol. The van der Waals surface area contributed by atoms with Crippen LogP contribution in [0.2, 0.25) is 0 Å². The second kappa shape index (κ2) is 5.65. The molecule has 1 rings (SSSR count). The molecule has 1 aromatic heterocycles. The van der Waals surface area contributed by atoms with Gasteiger partial charge in [0, 0.05) is 26.7 Å². The lowest BCUT2D eigenvalue weighted by Gasteiger charge is -2.28. The first kappa shape index (κ1) is 14.2. The van der Waals surface area contributed by atoms with Gasteiger partial charge in [0.25, 0.3) is 0 Å². The van der Waals surface area contributed by atoms with Crippen molar-refractivity contribution >= 4 is 0 Å². The average molecular weight is 238 g/mol. The standard InChI is InChI=1S/C13H26N4/c1-11-7-12(17(6)15-11)8-14-9-13(2,3)10-16(4)5/h7,14H,8-10H2,1-6H3. The van der Waals surface area contributed by atoms with Gasteiger partial charge in [0.2, 0.25) is 0 Å². The quantitative estimate of drug-likeness (QED) is 0.813. The van der Waals surface area contributed by atoms with Gasteiger partial charge in [-0.05, 0) is 32.5 Å². The molecule has 98 valence electrons.